The molecule has 0 amide bonds. The van der Waals surface area contributed by atoms with Crippen LogP contribution >= 0.6 is 0 Å². The summed E-state index contributed by atoms with van der Waals surface area (Å²) >= 11 is 0. The first kappa shape index (κ1) is 9.95. The summed E-state index contributed by atoms with van der Waals surface area (Å²) in [4.78, 5) is 16.8. The van der Waals surface area contributed by atoms with E-state index in [1.807, 2.05) is 15.5 Å². The molecule has 0 radical (unpaired) electrons. The third-order valence-electron chi connectivity index (χ3n) is 2.59. The Morgan fingerprint density at radius 3 is 2.82 bits per heavy atom. The van der Waals surface area contributed by atoms with Gasteiger partial charge in [-0.3, -0.25) is 0 Å². The van der Waals surface area contributed by atoms with Crippen LogP contribution in [0.3, 0.4) is 0 Å². The second-order valence-corrected chi connectivity index (χ2v) is 4.11. The predicted molar refractivity (Wildman–Crippen MR) is 62.4 cm³/mol. The Morgan fingerprint density at radius 2 is 2.00 bits per heavy atom. The average molecular weight is 228 g/mol. The molecule has 0 atom stereocenters. The van der Waals surface area contributed by atoms with Gasteiger partial charge in [0.2, 0.25) is 0 Å². The summed E-state index contributed by atoms with van der Waals surface area (Å²) in [6.07, 6.45) is 8.63. The Balaban J connectivity index is 2.24. The fraction of sp³-hybridized carbons (Fsp3) is 0.273. The second-order valence-electron chi connectivity index (χ2n) is 4.11. The standard InChI is InChI=1S/C11H12N6/c1-8(2)10-13-3-4-16(10)17-7-15-9-5-12-6-14-11(9)17/h3-8H,1-2H3. The molecule has 17 heavy (non-hydrogen) atoms. The first-order chi connectivity index (χ1) is 8.27. The first-order valence-corrected chi connectivity index (χ1v) is 5.44. The Labute approximate surface area is 98.0 Å². The van der Waals surface area contributed by atoms with Crippen molar-refractivity contribution in [2.75, 3.05) is 0 Å². The van der Waals surface area contributed by atoms with Crippen molar-refractivity contribution in [3.8, 4) is 0 Å². The first-order valence-electron chi connectivity index (χ1n) is 5.44. The second kappa shape index (κ2) is 3.65. The predicted octanol–water partition coefficient (Wildman–Crippen LogP) is 1.46. The van der Waals surface area contributed by atoms with E-state index in [9.17, 15) is 0 Å². The Morgan fingerprint density at radius 1 is 1.12 bits per heavy atom. The Hall–Kier alpha value is -2.24. The summed E-state index contributed by atoms with van der Waals surface area (Å²) in [7, 11) is 0. The van der Waals surface area contributed by atoms with Crippen molar-refractivity contribution >= 4 is 11.2 Å². The van der Waals surface area contributed by atoms with Gasteiger partial charge in [-0.2, -0.15) is 0 Å². The van der Waals surface area contributed by atoms with Gasteiger partial charge in [0.25, 0.3) is 0 Å². The van der Waals surface area contributed by atoms with Crippen molar-refractivity contribution in [3.63, 3.8) is 0 Å². The Kier molecular flexibility index (Phi) is 2.14. The van der Waals surface area contributed by atoms with Crippen LogP contribution in [0.2, 0.25) is 0 Å². The minimum absolute atomic E-state index is 0.337. The van der Waals surface area contributed by atoms with Crippen molar-refractivity contribution < 1.29 is 0 Å². The number of hydrogen-bond acceptors (Lipinski definition) is 4. The minimum Gasteiger partial charge on any atom is -0.242 e. The molecule has 86 valence electrons. The third kappa shape index (κ3) is 1.49. The van der Waals surface area contributed by atoms with Gasteiger partial charge in [-0.1, -0.05) is 13.8 Å². The van der Waals surface area contributed by atoms with Crippen LogP contribution < -0.4 is 0 Å². The third-order valence-corrected chi connectivity index (χ3v) is 2.59. The van der Waals surface area contributed by atoms with Gasteiger partial charge < -0.3 is 0 Å². The summed E-state index contributed by atoms with van der Waals surface area (Å²) in [5.74, 6) is 1.31. The zero-order valence-electron chi connectivity index (χ0n) is 9.65. The van der Waals surface area contributed by atoms with Crippen molar-refractivity contribution in [1.82, 2.24) is 29.3 Å². The summed E-state index contributed by atoms with van der Waals surface area (Å²) in [5, 5.41) is 0. The van der Waals surface area contributed by atoms with Crippen LogP contribution in [0.25, 0.3) is 11.2 Å². The van der Waals surface area contributed by atoms with Crippen LogP contribution in [0.1, 0.15) is 25.6 Å². The summed E-state index contributed by atoms with van der Waals surface area (Å²) in [6.45, 7) is 4.21. The lowest BCUT2D eigenvalue weighted by Crippen LogP contribution is -2.12. The molecule has 0 fully saturated rings. The van der Waals surface area contributed by atoms with Crippen LogP contribution in [0.5, 0.6) is 0 Å². The van der Waals surface area contributed by atoms with Gasteiger partial charge in [0.05, 0.1) is 6.20 Å². The van der Waals surface area contributed by atoms with E-state index < -0.39 is 0 Å². The quantitative estimate of drug-likeness (QED) is 0.666. The van der Waals surface area contributed by atoms with Crippen LogP contribution in [-0.4, -0.2) is 29.3 Å². The molecule has 0 aliphatic heterocycles. The topological polar surface area (TPSA) is 61.4 Å². The van der Waals surface area contributed by atoms with Gasteiger partial charge in [0.15, 0.2) is 5.65 Å². The smallest absolute Gasteiger partial charge is 0.182 e. The number of nitrogens with zero attached hydrogens (tertiary/aromatic N) is 6. The van der Waals surface area contributed by atoms with Crippen molar-refractivity contribution in [1.29, 1.82) is 0 Å². The minimum atomic E-state index is 0.337. The van der Waals surface area contributed by atoms with Crippen molar-refractivity contribution in [2.45, 2.75) is 19.8 Å². The zero-order valence-corrected chi connectivity index (χ0v) is 9.65. The van der Waals surface area contributed by atoms with E-state index in [2.05, 4.69) is 33.8 Å². The normalized spacial score (nSPS) is 11.5. The lowest BCUT2D eigenvalue weighted by molar-refractivity contribution is 0.597. The maximum Gasteiger partial charge on any atom is 0.182 e. The number of hydrogen-bond donors (Lipinski definition) is 0. The Bertz CT molecular complexity index is 651. The van der Waals surface area contributed by atoms with E-state index in [4.69, 9.17) is 0 Å². The molecule has 3 aromatic heterocycles. The molecular weight excluding hydrogens is 216 g/mol. The zero-order chi connectivity index (χ0) is 11.8. The van der Waals surface area contributed by atoms with Crippen LogP contribution in [0, 0.1) is 0 Å². The summed E-state index contributed by atoms with van der Waals surface area (Å²) in [6, 6.07) is 0. The highest BCUT2D eigenvalue weighted by atomic mass is 15.5. The molecule has 0 aliphatic carbocycles. The number of fused-ring (bicyclic) bond motifs is 1. The van der Waals surface area contributed by atoms with E-state index in [0.29, 0.717) is 5.92 Å². The van der Waals surface area contributed by atoms with Crippen LogP contribution in [0.15, 0.2) is 31.2 Å². The van der Waals surface area contributed by atoms with E-state index in [1.54, 1.807) is 18.7 Å². The van der Waals surface area contributed by atoms with Crippen molar-refractivity contribution in [2.24, 2.45) is 0 Å². The van der Waals surface area contributed by atoms with Gasteiger partial charge in [0, 0.05) is 18.3 Å². The molecule has 0 saturated carbocycles. The maximum absolute atomic E-state index is 4.35. The summed E-state index contributed by atoms with van der Waals surface area (Å²) in [5.41, 5.74) is 1.55. The van der Waals surface area contributed by atoms with Gasteiger partial charge in [-0.05, 0) is 0 Å². The lowest BCUT2D eigenvalue weighted by Gasteiger charge is -2.10. The van der Waals surface area contributed by atoms with Crippen molar-refractivity contribution in [3.05, 3.63) is 37.1 Å². The number of imidazole rings is 2. The molecule has 0 N–H and O–H groups in total. The van der Waals surface area contributed by atoms with Crippen LogP contribution in [0.4, 0.5) is 0 Å². The molecule has 0 saturated heterocycles. The van der Waals surface area contributed by atoms with E-state index >= 15 is 0 Å². The fourth-order valence-corrected chi connectivity index (χ4v) is 1.82. The number of aromatic nitrogens is 6. The molecule has 3 heterocycles. The largest absolute Gasteiger partial charge is 0.242 e. The molecular formula is C11H12N6. The van der Waals surface area contributed by atoms with Gasteiger partial charge in [0.1, 0.15) is 24.0 Å². The van der Waals surface area contributed by atoms with Gasteiger partial charge >= 0.3 is 0 Å². The molecule has 0 bridgehead atoms. The monoisotopic (exact) mass is 228 g/mol. The maximum atomic E-state index is 4.35. The van der Waals surface area contributed by atoms with Gasteiger partial charge in [-0.15, -0.1) is 0 Å². The molecule has 3 rings (SSSR count). The molecule has 0 aromatic carbocycles. The molecule has 3 aromatic rings. The van der Waals surface area contributed by atoms with E-state index in [1.165, 1.54) is 6.33 Å². The van der Waals surface area contributed by atoms with Crippen LogP contribution in [-0.2, 0) is 0 Å². The molecule has 0 unspecified atom stereocenters. The fourth-order valence-electron chi connectivity index (χ4n) is 1.82. The van der Waals surface area contributed by atoms with E-state index in [-0.39, 0.29) is 0 Å². The molecule has 0 spiro atoms. The highest BCUT2D eigenvalue weighted by Crippen LogP contribution is 2.15. The molecule has 6 heteroatoms. The molecule has 6 nitrogen and oxygen atoms in total. The average Bonchev–Trinajstić information content (AvgIpc) is 2.94. The number of rotatable bonds is 2. The van der Waals surface area contributed by atoms with E-state index in [0.717, 1.165) is 17.0 Å². The summed E-state index contributed by atoms with van der Waals surface area (Å²) < 4.78 is 3.83. The lowest BCUT2D eigenvalue weighted by atomic mass is 10.2. The SMILES string of the molecule is CC(C)c1nccn1-n1cnc2cncnc21. The highest BCUT2D eigenvalue weighted by molar-refractivity contribution is 5.68. The van der Waals surface area contributed by atoms with Gasteiger partial charge in [-0.25, -0.2) is 29.3 Å². The highest BCUT2D eigenvalue weighted by Gasteiger charge is 2.11. The molecule has 0 aliphatic rings.